The van der Waals surface area contributed by atoms with Crippen molar-refractivity contribution in [2.75, 3.05) is 44.2 Å². The molecule has 0 aromatic heterocycles. The summed E-state index contributed by atoms with van der Waals surface area (Å²) in [4.78, 5) is 17.8. The molecule has 5 fully saturated rings. The third-order valence-electron chi connectivity index (χ3n) is 9.08. The average Bonchev–Trinajstić information content (AvgIpc) is 3.45. The molecule has 6 heteroatoms. The summed E-state index contributed by atoms with van der Waals surface area (Å²) < 4.78 is 12.0. The van der Waals surface area contributed by atoms with Crippen LogP contribution in [0.5, 0.6) is 0 Å². The fourth-order valence-electron chi connectivity index (χ4n) is 7.31. The predicted molar refractivity (Wildman–Crippen MR) is 120 cm³/mol. The van der Waals surface area contributed by atoms with E-state index in [4.69, 9.17) is 21.1 Å². The summed E-state index contributed by atoms with van der Waals surface area (Å²) in [5.41, 5.74) is 1.58. The van der Waals surface area contributed by atoms with Crippen LogP contribution in [0.3, 0.4) is 0 Å². The Kier molecular flexibility index (Phi) is 4.82. The quantitative estimate of drug-likeness (QED) is 0.521. The molecule has 6 rings (SSSR count). The number of ether oxygens (including phenoxy) is 2. The minimum Gasteiger partial charge on any atom is -0.462 e. The Bertz CT molecular complexity index is 866. The van der Waals surface area contributed by atoms with Gasteiger partial charge in [0.1, 0.15) is 6.10 Å². The molecule has 3 saturated heterocycles. The summed E-state index contributed by atoms with van der Waals surface area (Å²) in [5, 5.41) is 0.782. The van der Waals surface area contributed by atoms with Gasteiger partial charge in [0.2, 0.25) is 0 Å². The second-order valence-electron chi connectivity index (χ2n) is 10.9. The molecule has 168 valence electrons. The van der Waals surface area contributed by atoms with Crippen molar-refractivity contribution in [2.45, 2.75) is 50.7 Å². The van der Waals surface area contributed by atoms with Gasteiger partial charge in [-0.05, 0) is 61.6 Å². The SMILES string of the molecule is C[C@]12CCC[C@]3(CO3)C1C[C@@H]1C(CN3CCN(c4cccc(Cl)c4)CC3)C(=O)O[C@@H]1C2. The van der Waals surface area contributed by atoms with Gasteiger partial charge in [-0.25, -0.2) is 0 Å². The second kappa shape index (κ2) is 7.36. The molecule has 3 heterocycles. The number of carbonyl (C=O) groups excluding carboxylic acids is 1. The van der Waals surface area contributed by atoms with E-state index in [2.05, 4.69) is 22.8 Å². The molecule has 2 unspecified atom stereocenters. The van der Waals surface area contributed by atoms with Crippen LogP contribution in [0.25, 0.3) is 0 Å². The highest BCUT2D eigenvalue weighted by Crippen LogP contribution is 2.62. The van der Waals surface area contributed by atoms with Crippen LogP contribution in [-0.4, -0.2) is 61.9 Å². The predicted octanol–water partition coefficient (Wildman–Crippen LogP) is 3.99. The molecule has 0 radical (unpaired) electrons. The van der Waals surface area contributed by atoms with Crippen molar-refractivity contribution in [1.29, 1.82) is 0 Å². The van der Waals surface area contributed by atoms with E-state index in [0.717, 1.165) is 57.2 Å². The Morgan fingerprint density at radius 3 is 2.74 bits per heavy atom. The zero-order valence-electron chi connectivity index (χ0n) is 18.4. The minimum atomic E-state index is 0.0185. The zero-order chi connectivity index (χ0) is 21.2. The molecule has 2 saturated carbocycles. The molecule has 1 spiro atoms. The molecule has 1 aromatic carbocycles. The van der Waals surface area contributed by atoms with Gasteiger partial charge in [-0.3, -0.25) is 9.69 Å². The first-order chi connectivity index (χ1) is 15.0. The number of hydrogen-bond donors (Lipinski definition) is 0. The maximum atomic E-state index is 12.9. The van der Waals surface area contributed by atoms with Crippen LogP contribution in [0.4, 0.5) is 5.69 Å². The van der Waals surface area contributed by atoms with Crippen molar-refractivity contribution < 1.29 is 14.3 Å². The van der Waals surface area contributed by atoms with E-state index in [1.807, 2.05) is 18.2 Å². The number of fused-ring (bicyclic) bond motifs is 3. The van der Waals surface area contributed by atoms with Gasteiger partial charge in [0.25, 0.3) is 0 Å². The lowest BCUT2D eigenvalue weighted by Crippen LogP contribution is -2.52. The molecule has 6 atom stereocenters. The molecule has 1 aromatic rings. The Labute approximate surface area is 190 Å². The number of piperazine rings is 1. The number of nitrogens with zero attached hydrogens (tertiary/aromatic N) is 2. The van der Waals surface area contributed by atoms with Gasteiger partial charge in [-0.15, -0.1) is 0 Å². The molecular weight excluding hydrogens is 412 g/mol. The smallest absolute Gasteiger partial charge is 0.310 e. The minimum absolute atomic E-state index is 0.0185. The maximum Gasteiger partial charge on any atom is 0.310 e. The molecule has 2 aliphatic carbocycles. The van der Waals surface area contributed by atoms with Gasteiger partial charge >= 0.3 is 5.97 Å². The topological polar surface area (TPSA) is 45.3 Å². The Morgan fingerprint density at radius 1 is 1.19 bits per heavy atom. The highest BCUT2D eigenvalue weighted by Gasteiger charge is 2.65. The van der Waals surface area contributed by atoms with Crippen LogP contribution in [0.15, 0.2) is 24.3 Å². The van der Waals surface area contributed by atoms with Crippen molar-refractivity contribution in [3.05, 3.63) is 29.3 Å². The lowest BCUT2D eigenvalue weighted by molar-refractivity contribution is -0.147. The summed E-state index contributed by atoms with van der Waals surface area (Å²) in [6, 6.07) is 8.09. The van der Waals surface area contributed by atoms with Gasteiger partial charge in [0.15, 0.2) is 0 Å². The van der Waals surface area contributed by atoms with E-state index >= 15 is 0 Å². The molecule has 31 heavy (non-hydrogen) atoms. The molecular formula is C25H33ClN2O3. The number of esters is 1. The average molecular weight is 445 g/mol. The first-order valence-electron chi connectivity index (χ1n) is 12.0. The van der Waals surface area contributed by atoms with Crippen LogP contribution < -0.4 is 4.90 Å². The van der Waals surface area contributed by atoms with E-state index in [1.165, 1.54) is 24.9 Å². The maximum absolute atomic E-state index is 12.9. The van der Waals surface area contributed by atoms with Gasteiger partial charge in [-0.1, -0.05) is 24.6 Å². The summed E-state index contributed by atoms with van der Waals surface area (Å²) in [5.74, 6) is 1.01. The normalized spacial score (nSPS) is 42.3. The Hall–Kier alpha value is -1.30. The van der Waals surface area contributed by atoms with Crippen molar-refractivity contribution >= 4 is 23.3 Å². The molecule has 0 N–H and O–H groups in total. The highest BCUT2D eigenvalue weighted by atomic mass is 35.5. The van der Waals surface area contributed by atoms with Crippen LogP contribution in [0.1, 0.15) is 39.0 Å². The molecule has 0 bridgehead atoms. The van der Waals surface area contributed by atoms with E-state index in [1.54, 1.807) is 0 Å². The van der Waals surface area contributed by atoms with Crippen LogP contribution >= 0.6 is 11.6 Å². The van der Waals surface area contributed by atoms with Crippen LogP contribution in [-0.2, 0) is 14.3 Å². The number of carbonyl (C=O) groups is 1. The molecule has 5 aliphatic rings. The third-order valence-corrected chi connectivity index (χ3v) is 9.31. The lowest BCUT2D eigenvalue weighted by Gasteiger charge is -2.51. The number of rotatable bonds is 3. The fourth-order valence-corrected chi connectivity index (χ4v) is 7.49. The van der Waals surface area contributed by atoms with E-state index in [-0.39, 0.29) is 29.0 Å². The fraction of sp³-hybridized carbons (Fsp3) is 0.720. The monoisotopic (exact) mass is 444 g/mol. The Balaban J connectivity index is 1.12. The number of benzene rings is 1. The van der Waals surface area contributed by atoms with E-state index < -0.39 is 0 Å². The van der Waals surface area contributed by atoms with Crippen molar-refractivity contribution in [1.82, 2.24) is 4.90 Å². The number of hydrogen-bond acceptors (Lipinski definition) is 5. The Morgan fingerprint density at radius 2 is 2.00 bits per heavy atom. The molecule has 5 nitrogen and oxygen atoms in total. The highest BCUT2D eigenvalue weighted by molar-refractivity contribution is 6.30. The van der Waals surface area contributed by atoms with Gasteiger partial charge in [0.05, 0.1) is 18.1 Å². The number of halogens is 1. The van der Waals surface area contributed by atoms with E-state index in [0.29, 0.717) is 11.8 Å². The van der Waals surface area contributed by atoms with Crippen molar-refractivity contribution in [3.63, 3.8) is 0 Å². The third kappa shape index (κ3) is 3.48. The summed E-state index contributed by atoms with van der Waals surface area (Å²) >= 11 is 6.17. The number of anilines is 1. The largest absolute Gasteiger partial charge is 0.462 e. The summed E-state index contributed by atoms with van der Waals surface area (Å²) in [6.07, 6.45) is 5.94. The van der Waals surface area contributed by atoms with Gasteiger partial charge < -0.3 is 14.4 Å². The first-order valence-corrected chi connectivity index (χ1v) is 12.4. The van der Waals surface area contributed by atoms with Gasteiger partial charge in [-0.2, -0.15) is 0 Å². The van der Waals surface area contributed by atoms with E-state index in [9.17, 15) is 4.79 Å². The summed E-state index contributed by atoms with van der Waals surface area (Å²) in [7, 11) is 0. The summed E-state index contributed by atoms with van der Waals surface area (Å²) in [6.45, 7) is 8.06. The first kappa shape index (κ1) is 20.3. The van der Waals surface area contributed by atoms with Crippen LogP contribution in [0, 0.1) is 23.2 Å². The standard InChI is InChI=1S/C25H33ClN2O3/c1-24-6-3-7-25(16-30-25)22(24)13-19-20(23(29)31-21(19)14-24)15-27-8-10-28(11-9-27)18-5-2-4-17(26)12-18/h2,4-5,12,19-22H,3,6-11,13-16H2,1H3/t19-,20?,21-,22?,24-,25+/m1/s1. The van der Waals surface area contributed by atoms with Gasteiger partial charge in [0, 0.05) is 49.4 Å². The zero-order valence-corrected chi connectivity index (χ0v) is 19.2. The van der Waals surface area contributed by atoms with Crippen molar-refractivity contribution in [2.24, 2.45) is 23.2 Å². The number of epoxide rings is 1. The molecule has 0 amide bonds. The van der Waals surface area contributed by atoms with Crippen molar-refractivity contribution in [3.8, 4) is 0 Å². The lowest BCUT2D eigenvalue weighted by atomic mass is 9.53. The molecule has 3 aliphatic heterocycles. The van der Waals surface area contributed by atoms with Crippen LogP contribution in [0.2, 0.25) is 5.02 Å². The second-order valence-corrected chi connectivity index (χ2v) is 11.3.